The monoisotopic (exact) mass is 263 g/mol. The number of nitrogens with zero attached hydrogens (tertiary/aromatic N) is 1. The van der Waals surface area contributed by atoms with Crippen molar-refractivity contribution in [3.8, 4) is 0 Å². The fourth-order valence-electron chi connectivity index (χ4n) is 2.23. The van der Waals surface area contributed by atoms with Gasteiger partial charge in [-0.25, -0.2) is 0 Å². The maximum absolute atomic E-state index is 11.8. The highest BCUT2D eigenvalue weighted by molar-refractivity contribution is 5.85. The van der Waals surface area contributed by atoms with Gasteiger partial charge >= 0.3 is 0 Å². The van der Waals surface area contributed by atoms with Crippen LogP contribution in [-0.2, 0) is 4.79 Å². The highest BCUT2D eigenvalue weighted by atomic mass is 35.5. The molecule has 0 spiro atoms. The van der Waals surface area contributed by atoms with Crippen LogP contribution in [0.25, 0.3) is 0 Å². The van der Waals surface area contributed by atoms with Crippen molar-refractivity contribution in [1.82, 2.24) is 15.5 Å². The summed E-state index contributed by atoms with van der Waals surface area (Å²) in [4.78, 5) is 14.1. The summed E-state index contributed by atoms with van der Waals surface area (Å²) in [6, 6.07) is 0.0217. The zero-order chi connectivity index (χ0) is 12.0. The molecule has 1 aliphatic rings. The molecule has 0 aliphatic carbocycles. The first-order chi connectivity index (χ1) is 7.69. The van der Waals surface area contributed by atoms with E-state index in [2.05, 4.69) is 22.5 Å². The predicted octanol–water partition coefficient (Wildman–Crippen LogP) is 0.864. The smallest absolute Gasteiger partial charge is 0.237 e. The van der Waals surface area contributed by atoms with Crippen LogP contribution >= 0.6 is 12.4 Å². The van der Waals surface area contributed by atoms with Gasteiger partial charge in [-0.3, -0.25) is 9.69 Å². The summed E-state index contributed by atoms with van der Waals surface area (Å²) in [6.45, 7) is 8.02. The maximum Gasteiger partial charge on any atom is 0.237 e. The van der Waals surface area contributed by atoms with Crippen LogP contribution in [0.1, 0.15) is 26.7 Å². The first kappa shape index (κ1) is 16.7. The lowest BCUT2D eigenvalue weighted by Gasteiger charge is -2.23. The van der Waals surface area contributed by atoms with Crippen LogP contribution in [0.5, 0.6) is 0 Å². The largest absolute Gasteiger partial charge is 0.355 e. The molecule has 0 bridgehead atoms. The highest BCUT2D eigenvalue weighted by Crippen LogP contribution is 2.17. The van der Waals surface area contributed by atoms with Gasteiger partial charge in [-0.05, 0) is 45.8 Å². The summed E-state index contributed by atoms with van der Waals surface area (Å²) in [5, 5.41) is 6.17. The summed E-state index contributed by atoms with van der Waals surface area (Å²) < 4.78 is 0. The van der Waals surface area contributed by atoms with E-state index in [0.717, 1.165) is 32.6 Å². The first-order valence-corrected chi connectivity index (χ1v) is 6.35. The molecule has 102 valence electrons. The van der Waals surface area contributed by atoms with Crippen molar-refractivity contribution >= 4 is 18.3 Å². The minimum absolute atomic E-state index is 0. The van der Waals surface area contributed by atoms with Crippen LogP contribution in [-0.4, -0.2) is 50.1 Å². The quantitative estimate of drug-likeness (QED) is 0.747. The molecular weight excluding hydrogens is 238 g/mol. The summed E-state index contributed by atoms with van der Waals surface area (Å²) >= 11 is 0. The second-order valence-corrected chi connectivity index (χ2v) is 4.67. The molecule has 1 heterocycles. The van der Waals surface area contributed by atoms with Crippen molar-refractivity contribution in [3.05, 3.63) is 0 Å². The van der Waals surface area contributed by atoms with Gasteiger partial charge in [0.15, 0.2) is 0 Å². The molecule has 1 rings (SSSR count). The van der Waals surface area contributed by atoms with E-state index in [1.54, 1.807) is 0 Å². The lowest BCUT2D eigenvalue weighted by molar-refractivity contribution is -0.125. The number of rotatable bonds is 6. The minimum atomic E-state index is 0. The Kier molecular flexibility index (Phi) is 8.56. The van der Waals surface area contributed by atoms with Gasteiger partial charge in [0.05, 0.1) is 6.04 Å². The summed E-state index contributed by atoms with van der Waals surface area (Å²) in [5.74, 6) is 0.874. The normalized spacial score (nSPS) is 21.9. The van der Waals surface area contributed by atoms with Gasteiger partial charge in [0, 0.05) is 13.1 Å². The topological polar surface area (TPSA) is 44.4 Å². The highest BCUT2D eigenvalue weighted by Gasteiger charge is 2.28. The maximum atomic E-state index is 11.8. The lowest BCUT2D eigenvalue weighted by Crippen LogP contribution is -2.44. The molecule has 4 nitrogen and oxygen atoms in total. The number of nitrogens with one attached hydrogen (secondary N) is 2. The molecule has 0 aromatic carbocycles. The second-order valence-electron chi connectivity index (χ2n) is 4.67. The van der Waals surface area contributed by atoms with E-state index in [4.69, 9.17) is 0 Å². The van der Waals surface area contributed by atoms with Gasteiger partial charge in [-0.15, -0.1) is 12.4 Å². The zero-order valence-corrected chi connectivity index (χ0v) is 12.0. The molecule has 2 atom stereocenters. The average Bonchev–Trinajstić information content (AvgIpc) is 2.74. The van der Waals surface area contributed by atoms with Crippen LogP contribution in [0.15, 0.2) is 0 Å². The lowest BCUT2D eigenvalue weighted by atomic mass is 10.1. The molecule has 2 unspecified atom stereocenters. The van der Waals surface area contributed by atoms with Crippen LogP contribution in [0.3, 0.4) is 0 Å². The SMILES string of the molecule is CCCNC(=O)C(C)N1CCC(CNC)C1.Cl. The third-order valence-electron chi connectivity index (χ3n) is 3.29. The Morgan fingerprint density at radius 3 is 2.82 bits per heavy atom. The van der Waals surface area contributed by atoms with Crippen LogP contribution < -0.4 is 10.6 Å². The Bertz CT molecular complexity index is 226. The Hall–Kier alpha value is -0.320. The van der Waals surface area contributed by atoms with E-state index in [-0.39, 0.29) is 24.4 Å². The van der Waals surface area contributed by atoms with E-state index in [1.807, 2.05) is 14.0 Å². The third-order valence-corrected chi connectivity index (χ3v) is 3.29. The Labute approximate surface area is 111 Å². The van der Waals surface area contributed by atoms with Gasteiger partial charge in [-0.1, -0.05) is 6.92 Å². The summed E-state index contributed by atoms with van der Waals surface area (Å²) in [5.41, 5.74) is 0. The Balaban J connectivity index is 0.00000256. The second kappa shape index (κ2) is 8.72. The molecule has 0 saturated carbocycles. The minimum Gasteiger partial charge on any atom is -0.355 e. The molecule has 5 heteroatoms. The number of carbonyl (C=O) groups is 1. The van der Waals surface area contributed by atoms with Gasteiger partial charge in [0.1, 0.15) is 0 Å². The predicted molar refractivity (Wildman–Crippen MR) is 73.6 cm³/mol. The molecule has 1 saturated heterocycles. The summed E-state index contributed by atoms with van der Waals surface area (Å²) in [6.07, 6.45) is 2.20. The van der Waals surface area contributed by atoms with Gasteiger partial charge in [-0.2, -0.15) is 0 Å². The molecule has 2 N–H and O–H groups in total. The van der Waals surface area contributed by atoms with E-state index in [1.165, 1.54) is 6.42 Å². The Morgan fingerprint density at radius 1 is 1.53 bits per heavy atom. The van der Waals surface area contributed by atoms with E-state index < -0.39 is 0 Å². The molecule has 1 amide bonds. The molecule has 0 aromatic rings. The first-order valence-electron chi connectivity index (χ1n) is 6.35. The zero-order valence-electron chi connectivity index (χ0n) is 11.2. The molecule has 0 aromatic heterocycles. The van der Waals surface area contributed by atoms with Crippen molar-refractivity contribution in [3.63, 3.8) is 0 Å². The standard InChI is InChI=1S/C12H25N3O.ClH/c1-4-6-14-12(16)10(2)15-7-5-11(9-15)8-13-3;/h10-11,13H,4-9H2,1-3H3,(H,14,16);1H. The van der Waals surface area contributed by atoms with Crippen LogP contribution in [0.4, 0.5) is 0 Å². The summed E-state index contributed by atoms with van der Waals surface area (Å²) in [7, 11) is 1.99. The fraction of sp³-hybridized carbons (Fsp3) is 0.917. The van der Waals surface area contributed by atoms with Crippen molar-refractivity contribution < 1.29 is 4.79 Å². The number of halogens is 1. The van der Waals surface area contributed by atoms with Crippen LogP contribution in [0, 0.1) is 5.92 Å². The molecular formula is C12H26ClN3O. The molecule has 17 heavy (non-hydrogen) atoms. The number of hydrogen-bond acceptors (Lipinski definition) is 3. The van der Waals surface area contributed by atoms with Crippen molar-refractivity contribution in [2.75, 3.05) is 33.2 Å². The van der Waals surface area contributed by atoms with Gasteiger partial charge in [0.25, 0.3) is 0 Å². The number of hydrogen-bond donors (Lipinski definition) is 2. The third kappa shape index (κ3) is 5.23. The molecule has 1 aliphatic heterocycles. The van der Waals surface area contributed by atoms with Crippen molar-refractivity contribution in [2.45, 2.75) is 32.7 Å². The van der Waals surface area contributed by atoms with E-state index in [9.17, 15) is 4.79 Å². The number of likely N-dealkylation sites (tertiary alicyclic amines) is 1. The van der Waals surface area contributed by atoms with Gasteiger partial charge < -0.3 is 10.6 Å². The van der Waals surface area contributed by atoms with Crippen molar-refractivity contribution in [2.24, 2.45) is 5.92 Å². The molecule has 1 fully saturated rings. The Morgan fingerprint density at radius 2 is 2.24 bits per heavy atom. The number of amides is 1. The van der Waals surface area contributed by atoms with Crippen molar-refractivity contribution in [1.29, 1.82) is 0 Å². The average molecular weight is 264 g/mol. The fourth-order valence-corrected chi connectivity index (χ4v) is 2.23. The van der Waals surface area contributed by atoms with E-state index in [0.29, 0.717) is 5.92 Å². The number of carbonyl (C=O) groups excluding carboxylic acids is 1. The van der Waals surface area contributed by atoms with Gasteiger partial charge in [0.2, 0.25) is 5.91 Å². The van der Waals surface area contributed by atoms with Crippen LogP contribution in [0.2, 0.25) is 0 Å². The van der Waals surface area contributed by atoms with E-state index >= 15 is 0 Å². The molecule has 0 radical (unpaired) electrons.